The number of benzene rings is 7. The summed E-state index contributed by atoms with van der Waals surface area (Å²) in [5, 5.41) is 13.4. The molecule has 0 saturated carbocycles. The van der Waals surface area contributed by atoms with Crippen molar-refractivity contribution >= 4 is 27.6 Å². The minimum Gasteiger partial charge on any atom is -0.456 e. The van der Waals surface area contributed by atoms with Crippen molar-refractivity contribution in [1.29, 1.82) is 0 Å². The van der Waals surface area contributed by atoms with Gasteiger partial charge in [-0.25, -0.2) is 0 Å². The first-order chi connectivity index (χ1) is 24.5. The number of fused-ring (bicyclic) bond motifs is 9. The van der Waals surface area contributed by atoms with Crippen LogP contribution < -0.4 is 15.4 Å². The maximum atomic E-state index is 7.01. The Bertz CT molecular complexity index is 2410. The summed E-state index contributed by atoms with van der Waals surface area (Å²) in [6.07, 6.45) is 5.54. The third-order valence-corrected chi connectivity index (χ3v) is 11.2. The standard InChI is InChI=1S/C47H38N2O/c1-47(2)26-25-37-39(27-40-34-20-8-7-19-33(34)36-21-9-10-24-43(36)50-45(40)44(37)47)42-28-41(35-22-11-15-29-13-3-5-17-31(29)35)48-46(49-42)38-23-12-16-30-14-4-6-18-32(30)38/h3-27,41-42,46,48-49H,28H2,1-2H3. The van der Waals surface area contributed by atoms with Gasteiger partial charge in [0.25, 0.3) is 0 Å². The predicted molar refractivity (Wildman–Crippen MR) is 206 cm³/mol. The number of rotatable bonds is 3. The first-order valence-electron chi connectivity index (χ1n) is 17.8. The summed E-state index contributed by atoms with van der Waals surface area (Å²) in [6.45, 7) is 4.64. The molecule has 1 aliphatic carbocycles. The molecule has 242 valence electrons. The van der Waals surface area contributed by atoms with E-state index in [0.717, 1.165) is 29.0 Å². The van der Waals surface area contributed by atoms with E-state index in [9.17, 15) is 0 Å². The summed E-state index contributed by atoms with van der Waals surface area (Å²) in [5.74, 6) is 1.88. The predicted octanol–water partition coefficient (Wildman–Crippen LogP) is 11.8. The normalized spacial score (nSPS) is 20.0. The van der Waals surface area contributed by atoms with Crippen molar-refractivity contribution in [3.63, 3.8) is 0 Å². The first-order valence-corrected chi connectivity index (χ1v) is 17.8. The summed E-state index contributed by atoms with van der Waals surface area (Å²) >= 11 is 0. The highest BCUT2D eigenvalue weighted by molar-refractivity contribution is 5.94. The highest BCUT2D eigenvalue weighted by Crippen LogP contribution is 2.55. The Labute approximate surface area is 293 Å². The van der Waals surface area contributed by atoms with E-state index >= 15 is 0 Å². The summed E-state index contributed by atoms with van der Waals surface area (Å²) < 4.78 is 7.01. The Morgan fingerprint density at radius 2 is 1.12 bits per heavy atom. The molecule has 2 heterocycles. The third kappa shape index (κ3) is 4.58. The largest absolute Gasteiger partial charge is 0.456 e. The van der Waals surface area contributed by atoms with Crippen LogP contribution in [0.4, 0.5) is 0 Å². The quantitative estimate of drug-likeness (QED) is 0.200. The number of hydrogen-bond donors (Lipinski definition) is 2. The van der Waals surface area contributed by atoms with Crippen LogP contribution in [0.15, 0.2) is 146 Å². The summed E-state index contributed by atoms with van der Waals surface area (Å²) in [4.78, 5) is 0. The average molecular weight is 647 g/mol. The molecular weight excluding hydrogens is 609 g/mol. The molecule has 3 nitrogen and oxygen atoms in total. The van der Waals surface area contributed by atoms with Gasteiger partial charge < -0.3 is 4.74 Å². The lowest BCUT2D eigenvalue weighted by molar-refractivity contribution is 0.249. The second kappa shape index (κ2) is 11.3. The lowest BCUT2D eigenvalue weighted by atomic mass is 9.79. The van der Waals surface area contributed by atoms with E-state index in [2.05, 4.69) is 176 Å². The lowest BCUT2D eigenvalue weighted by Gasteiger charge is -2.40. The van der Waals surface area contributed by atoms with Crippen LogP contribution in [0.5, 0.6) is 11.5 Å². The van der Waals surface area contributed by atoms with Crippen LogP contribution in [0.3, 0.4) is 0 Å². The van der Waals surface area contributed by atoms with Crippen LogP contribution in [0.2, 0.25) is 0 Å². The molecule has 0 aromatic heterocycles. The molecule has 2 aliphatic heterocycles. The third-order valence-electron chi connectivity index (χ3n) is 11.2. The van der Waals surface area contributed by atoms with Crippen molar-refractivity contribution in [2.75, 3.05) is 0 Å². The highest BCUT2D eigenvalue weighted by atomic mass is 16.5. The lowest BCUT2D eigenvalue weighted by Crippen LogP contribution is -2.45. The highest BCUT2D eigenvalue weighted by Gasteiger charge is 2.39. The van der Waals surface area contributed by atoms with Gasteiger partial charge in [-0.2, -0.15) is 0 Å². The van der Waals surface area contributed by atoms with E-state index in [1.54, 1.807) is 0 Å². The van der Waals surface area contributed by atoms with Crippen molar-refractivity contribution in [1.82, 2.24) is 10.6 Å². The Morgan fingerprint density at radius 1 is 0.560 bits per heavy atom. The van der Waals surface area contributed by atoms with Gasteiger partial charge in [-0.05, 0) is 73.5 Å². The van der Waals surface area contributed by atoms with Crippen LogP contribution in [0.1, 0.15) is 66.3 Å². The molecule has 0 bridgehead atoms. The van der Waals surface area contributed by atoms with Crippen molar-refractivity contribution in [3.05, 3.63) is 173 Å². The van der Waals surface area contributed by atoms with Crippen LogP contribution >= 0.6 is 0 Å². The molecule has 10 rings (SSSR count). The minimum atomic E-state index is -0.194. The van der Waals surface area contributed by atoms with Crippen molar-refractivity contribution < 1.29 is 4.74 Å². The fourth-order valence-corrected chi connectivity index (χ4v) is 8.82. The maximum Gasteiger partial charge on any atom is 0.139 e. The molecular formula is C47H38N2O. The van der Waals surface area contributed by atoms with Gasteiger partial charge in [-0.3, -0.25) is 10.6 Å². The zero-order valence-electron chi connectivity index (χ0n) is 28.3. The molecule has 7 aromatic carbocycles. The van der Waals surface area contributed by atoms with Gasteiger partial charge in [0, 0.05) is 34.2 Å². The molecule has 3 unspecified atom stereocenters. The van der Waals surface area contributed by atoms with Gasteiger partial charge in [-0.15, -0.1) is 0 Å². The number of ether oxygens (including phenoxy) is 1. The van der Waals surface area contributed by atoms with Crippen molar-refractivity contribution in [2.45, 2.75) is 43.9 Å². The van der Waals surface area contributed by atoms with Gasteiger partial charge in [-0.1, -0.05) is 153 Å². The van der Waals surface area contributed by atoms with Gasteiger partial charge in [0.05, 0.1) is 6.17 Å². The summed E-state index contributed by atoms with van der Waals surface area (Å²) in [7, 11) is 0. The van der Waals surface area contributed by atoms with E-state index in [1.807, 2.05) is 0 Å². The van der Waals surface area contributed by atoms with Gasteiger partial charge in [0.1, 0.15) is 11.5 Å². The van der Waals surface area contributed by atoms with Gasteiger partial charge >= 0.3 is 0 Å². The molecule has 1 saturated heterocycles. The van der Waals surface area contributed by atoms with Crippen LogP contribution in [-0.4, -0.2) is 0 Å². The SMILES string of the molecule is CC1(C)C=Cc2c(C3CC(c4cccc5ccccc45)NC(c4cccc5ccccc45)N3)cc3c(c21)Oc1ccccc1-c1ccccc1-3. The number of allylic oxidation sites excluding steroid dienone is 1. The maximum absolute atomic E-state index is 7.01. The van der Waals surface area contributed by atoms with Gasteiger partial charge in [0.2, 0.25) is 0 Å². The molecule has 2 N–H and O–H groups in total. The molecule has 0 spiro atoms. The van der Waals surface area contributed by atoms with E-state index in [-0.39, 0.29) is 23.7 Å². The smallest absolute Gasteiger partial charge is 0.139 e. The van der Waals surface area contributed by atoms with Crippen molar-refractivity contribution in [3.8, 4) is 33.8 Å². The molecule has 50 heavy (non-hydrogen) atoms. The Morgan fingerprint density at radius 3 is 1.86 bits per heavy atom. The molecule has 7 aromatic rings. The van der Waals surface area contributed by atoms with Gasteiger partial charge in [0.15, 0.2) is 0 Å². The van der Waals surface area contributed by atoms with Crippen LogP contribution in [-0.2, 0) is 5.41 Å². The number of hydrogen-bond acceptors (Lipinski definition) is 3. The first kappa shape index (κ1) is 29.4. The second-order valence-electron chi connectivity index (χ2n) is 14.6. The van der Waals surface area contributed by atoms with E-state index in [1.165, 1.54) is 60.5 Å². The molecule has 0 radical (unpaired) electrons. The summed E-state index contributed by atoms with van der Waals surface area (Å²) in [5.41, 5.74) is 11.0. The minimum absolute atomic E-state index is 0.0653. The summed E-state index contributed by atoms with van der Waals surface area (Å²) in [6, 6.07) is 50.8. The molecule has 3 atom stereocenters. The molecule has 3 aliphatic rings. The fourth-order valence-electron chi connectivity index (χ4n) is 8.82. The van der Waals surface area contributed by atoms with Crippen LogP contribution in [0, 0.1) is 0 Å². The topological polar surface area (TPSA) is 33.3 Å². The number of para-hydroxylation sites is 1. The molecule has 3 heteroatoms. The zero-order chi connectivity index (χ0) is 33.4. The fraction of sp³-hybridized carbons (Fsp3) is 0.149. The average Bonchev–Trinajstić information content (AvgIpc) is 3.41. The molecule has 0 amide bonds. The molecule has 1 fully saturated rings. The van der Waals surface area contributed by atoms with E-state index in [0.29, 0.717) is 0 Å². The Kier molecular flexibility index (Phi) is 6.64. The Balaban J connectivity index is 1.20. The Hall–Kier alpha value is -5.48. The second-order valence-corrected chi connectivity index (χ2v) is 14.6. The van der Waals surface area contributed by atoms with E-state index < -0.39 is 0 Å². The number of nitrogens with one attached hydrogen (secondary N) is 2. The monoisotopic (exact) mass is 646 g/mol. The van der Waals surface area contributed by atoms with Crippen molar-refractivity contribution in [2.24, 2.45) is 0 Å². The van der Waals surface area contributed by atoms with E-state index in [4.69, 9.17) is 4.74 Å². The van der Waals surface area contributed by atoms with Crippen LogP contribution in [0.25, 0.3) is 49.9 Å². The zero-order valence-corrected chi connectivity index (χ0v) is 28.3.